The van der Waals surface area contributed by atoms with Gasteiger partial charge in [0.2, 0.25) is 0 Å². The molecule has 3 heterocycles. The van der Waals surface area contributed by atoms with Crippen LogP contribution in [0.5, 0.6) is 11.5 Å². The van der Waals surface area contributed by atoms with E-state index in [2.05, 4.69) is 20.9 Å². The van der Waals surface area contributed by atoms with E-state index in [0.29, 0.717) is 36.3 Å². The zero-order valence-electron chi connectivity index (χ0n) is 17.3. The summed E-state index contributed by atoms with van der Waals surface area (Å²) in [5, 5.41) is 0.421. The van der Waals surface area contributed by atoms with E-state index in [9.17, 15) is 9.59 Å². The van der Waals surface area contributed by atoms with E-state index in [-0.39, 0.29) is 5.56 Å². The molecule has 0 saturated carbocycles. The number of hydrogen-bond donors (Lipinski definition) is 1. The Morgan fingerprint density at radius 2 is 1.87 bits per heavy atom. The molecule has 1 aromatic heterocycles. The molecule has 31 heavy (non-hydrogen) atoms. The molecular weight excluding hydrogens is 400 g/mol. The first kappa shape index (κ1) is 19.7. The third kappa shape index (κ3) is 3.66. The second-order valence-corrected chi connectivity index (χ2v) is 7.74. The van der Waals surface area contributed by atoms with Crippen molar-refractivity contribution in [2.45, 2.75) is 13.2 Å². The molecule has 0 radical (unpaired) electrons. The van der Waals surface area contributed by atoms with E-state index in [1.807, 2.05) is 18.2 Å². The number of aromatic amines is 1. The van der Waals surface area contributed by atoms with Crippen LogP contribution in [0.15, 0.2) is 46.0 Å². The van der Waals surface area contributed by atoms with Crippen LogP contribution >= 0.6 is 0 Å². The third-order valence-electron chi connectivity index (χ3n) is 5.96. The van der Waals surface area contributed by atoms with Gasteiger partial charge in [0.05, 0.1) is 23.7 Å². The molecule has 0 spiro atoms. The minimum atomic E-state index is -0.398. The van der Waals surface area contributed by atoms with Gasteiger partial charge in [-0.05, 0) is 24.3 Å². The second kappa shape index (κ2) is 8.09. The van der Waals surface area contributed by atoms with Gasteiger partial charge in [0.25, 0.3) is 5.56 Å². The Kier molecular flexibility index (Phi) is 5.13. The predicted octanol–water partition coefficient (Wildman–Crippen LogP) is 1.34. The van der Waals surface area contributed by atoms with Crippen LogP contribution in [-0.2, 0) is 18.0 Å². The summed E-state index contributed by atoms with van der Waals surface area (Å²) in [4.78, 5) is 42.9. The van der Waals surface area contributed by atoms with Crippen molar-refractivity contribution in [2.24, 2.45) is 0 Å². The molecule has 2 aliphatic heterocycles. The Morgan fingerprint density at radius 3 is 2.68 bits per heavy atom. The fourth-order valence-corrected chi connectivity index (χ4v) is 4.22. The number of nitrogens with one attached hydrogen (secondary N) is 1. The number of piperazine rings is 1. The number of para-hydroxylation sites is 2. The van der Waals surface area contributed by atoms with Crippen LogP contribution < -0.4 is 25.8 Å². The van der Waals surface area contributed by atoms with Gasteiger partial charge in [0.15, 0.2) is 5.75 Å². The molecular formula is C22H24N4O5. The first-order valence-electron chi connectivity index (χ1n) is 10.3. The number of H-pyrrole nitrogens is 1. The smallest absolute Gasteiger partial charge is 0.328 e. The average Bonchev–Trinajstić information content (AvgIpc) is 3.25. The van der Waals surface area contributed by atoms with Crippen LogP contribution in [0.3, 0.4) is 0 Å². The summed E-state index contributed by atoms with van der Waals surface area (Å²) >= 11 is 0. The van der Waals surface area contributed by atoms with Crippen LogP contribution in [0.4, 0.5) is 5.69 Å². The molecule has 0 atom stereocenters. The van der Waals surface area contributed by atoms with E-state index in [1.54, 1.807) is 19.2 Å². The fourth-order valence-electron chi connectivity index (χ4n) is 4.22. The molecule has 0 bridgehead atoms. The predicted molar refractivity (Wildman–Crippen MR) is 116 cm³/mol. The van der Waals surface area contributed by atoms with Gasteiger partial charge in [-0.2, -0.15) is 4.89 Å². The maximum atomic E-state index is 12.9. The quantitative estimate of drug-likeness (QED) is 0.619. The number of ether oxygens (including phenoxy) is 1. The second-order valence-electron chi connectivity index (χ2n) is 7.74. The first-order valence-corrected chi connectivity index (χ1v) is 10.3. The zero-order chi connectivity index (χ0) is 21.4. The molecule has 1 saturated heterocycles. The summed E-state index contributed by atoms with van der Waals surface area (Å²) < 4.78 is 6.73. The molecule has 0 amide bonds. The molecule has 1 fully saturated rings. The highest BCUT2D eigenvalue weighted by atomic mass is 17.2. The van der Waals surface area contributed by atoms with Gasteiger partial charge >= 0.3 is 5.69 Å². The van der Waals surface area contributed by atoms with Crippen molar-refractivity contribution in [3.05, 3.63) is 62.8 Å². The molecule has 2 aromatic carbocycles. The van der Waals surface area contributed by atoms with E-state index < -0.39 is 5.69 Å². The highest BCUT2D eigenvalue weighted by Crippen LogP contribution is 2.29. The summed E-state index contributed by atoms with van der Waals surface area (Å²) in [5.74, 6) is 1.39. The Balaban J connectivity index is 1.28. The molecule has 2 aliphatic rings. The number of nitrogens with zero attached hydrogens (tertiary/aromatic N) is 3. The maximum Gasteiger partial charge on any atom is 0.328 e. The van der Waals surface area contributed by atoms with Gasteiger partial charge in [0, 0.05) is 44.8 Å². The summed E-state index contributed by atoms with van der Waals surface area (Å²) in [6, 6.07) is 11.4. The Hall–Kier alpha value is -3.30. The Bertz CT molecular complexity index is 1230. The maximum absolute atomic E-state index is 12.9. The first-order chi connectivity index (χ1) is 15.1. The molecule has 0 aliphatic carbocycles. The Morgan fingerprint density at radius 1 is 1.06 bits per heavy atom. The van der Waals surface area contributed by atoms with Crippen LogP contribution in [0.2, 0.25) is 0 Å². The van der Waals surface area contributed by atoms with E-state index >= 15 is 0 Å². The number of fused-ring (bicyclic) bond motifs is 2. The van der Waals surface area contributed by atoms with E-state index in [0.717, 1.165) is 43.2 Å². The van der Waals surface area contributed by atoms with Crippen molar-refractivity contribution in [2.75, 3.05) is 44.7 Å². The van der Waals surface area contributed by atoms with Crippen molar-refractivity contribution < 1.29 is 14.5 Å². The average molecular weight is 424 g/mol. The number of aromatic nitrogens is 2. The van der Waals surface area contributed by atoms with Crippen molar-refractivity contribution >= 4 is 16.6 Å². The van der Waals surface area contributed by atoms with E-state index in [4.69, 9.17) is 14.5 Å². The van der Waals surface area contributed by atoms with Crippen LogP contribution in [0, 0.1) is 0 Å². The number of benzene rings is 2. The Labute approximate surface area is 178 Å². The minimum Gasteiger partial charge on any atom is -0.495 e. The fraction of sp³-hybridized carbons (Fsp3) is 0.364. The van der Waals surface area contributed by atoms with Crippen molar-refractivity contribution in [1.82, 2.24) is 14.5 Å². The van der Waals surface area contributed by atoms with Crippen LogP contribution in [-0.4, -0.2) is 54.3 Å². The number of rotatable bonds is 5. The SMILES string of the molecule is COc1ccccc1N1CCN(CCn2c(=O)[nH]c3cc4c(cc3c2=O)OOC4)CC1. The summed E-state index contributed by atoms with van der Waals surface area (Å²) in [7, 11) is 1.68. The van der Waals surface area contributed by atoms with E-state index in [1.165, 1.54) is 4.57 Å². The molecule has 1 N–H and O–H groups in total. The highest BCUT2D eigenvalue weighted by molar-refractivity contribution is 5.80. The number of hydrogen-bond acceptors (Lipinski definition) is 7. The standard InChI is InChI=1S/C22H24N4O5/c1-29-19-5-3-2-4-18(19)25-9-6-24(7-10-25)8-11-26-21(27)16-13-20-15(14-30-31-20)12-17(16)23-22(26)28/h2-5,12-13H,6-11,14H2,1H3,(H,23,28). The molecule has 9 heteroatoms. The van der Waals surface area contributed by atoms with Crippen LogP contribution in [0.1, 0.15) is 5.56 Å². The lowest BCUT2D eigenvalue weighted by molar-refractivity contribution is -0.194. The molecule has 9 nitrogen and oxygen atoms in total. The monoisotopic (exact) mass is 424 g/mol. The van der Waals surface area contributed by atoms with Gasteiger partial charge in [-0.15, -0.1) is 0 Å². The van der Waals surface area contributed by atoms with Crippen LogP contribution in [0.25, 0.3) is 10.9 Å². The lowest BCUT2D eigenvalue weighted by Crippen LogP contribution is -2.48. The third-order valence-corrected chi connectivity index (χ3v) is 5.96. The van der Waals surface area contributed by atoms with Crippen molar-refractivity contribution in [3.63, 3.8) is 0 Å². The molecule has 0 unspecified atom stereocenters. The zero-order valence-corrected chi connectivity index (χ0v) is 17.3. The number of anilines is 1. The van der Waals surface area contributed by atoms with Gasteiger partial charge in [0.1, 0.15) is 12.4 Å². The van der Waals surface area contributed by atoms with Gasteiger partial charge in [-0.3, -0.25) is 14.3 Å². The van der Waals surface area contributed by atoms with Crippen molar-refractivity contribution in [1.29, 1.82) is 0 Å². The lowest BCUT2D eigenvalue weighted by Gasteiger charge is -2.36. The summed E-state index contributed by atoms with van der Waals surface area (Å²) in [5.41, 5.74) is 1.69. The summed E-state index contributed by atoms with van der Waals surface area (Å²) in [6.07, 6.45) is 0. The minimum absolute atomic E-state index is 0.303. The van der Waals surface area contributed by atoms with Gasteiger partial charge in [-0.1, -0.05) is 12.1 Å². The molecule has 162 valence electrons. The van der Waals surface area contributed by atoms with Gasteiger partial charge in [-0.25, -0.2) is 4.79 Å². The topological polar surface area (TPSA) is 89.0 Å². The molecule has 3 aromatic rings. The van der Waals surface area contributed by atoms with Crippen molar-refractivity contribution in [3.8, 4) is 11.5 Å². The normalized spacial score (nSPS) is 16.4. The van der Waals surface area contributed by atoms with Gasteiger partial charge < -0.3 is 19.5 Å². The molecule has 5 rings (SSSR count). The summed E-state index contributed by atoms with van der Waals surface area (Å²) in [6.45, 7) is 4.65. The highest BCUT2D eigenvalue weighted by Gasteiger charge is 2.21. The lowest BCUT2D eigenvalue weighted by atomic mass is 10.1. The number of methoxy groups -OCH3 is 1. The largest absolute Gasteiger partial charge is 0.495 e.